The number of aromatic amines is 1. The number of aromatic nitrogens is 1. The van der Waals surface area contributed by atoms with E-state index in [2.05, 4.69) is 24.1 Å². The number of hydrogen-bond acceptors (Lipinski definition) is 2. The highest BCUT2D eigenvalue weighted by molar-refractivity contribution is 5.77. The molecule has 1 aromatic heterocycles. The smallest absolute Gasteiger partial charge is 0.233 e. The van der Waals surface area contributed by atoms with E-state index in [1.807, 2.05) is 18.3 Å². The van der Waals surface area contributed by atoms with Crippen LogP contribution in [0.4, 0.5) is 0 Å². The van der Waals surface area contributed by atoms with Gasteiger partial charge in [-0.15, -0.1) is 0 Å². The first-order valence-electron chi connectivity index (χ1n) is 4.67. The summed E-state index contributed by atoms with van der Waals surface area (Å²) in [6, 6.07) is 3.95. The van der Waals surface area contributed by atoms with Gasteiger partial charge in [-0.3, -0.25) is 4.79 Å². The van der Waals surface area contributed by atoms with E-state index in [4.69, 9.17) is 5.73 Å². The minimum Gasteiger partial charge on any atom is -0.364 e. The van der Waals surface area contributed by atoms with Crippen LogP contribution in [0.25, 0.3) is 0 Å². The second-order valence-corrected chi connectivity index (χ2v) is 3.95. The summed E-state index contributed by atoms with van der Waals surface area (Å²) < 4.78 is 0. The lowest BCUT2D eigenvalue weighted by Gasteiger charge is -2.23. The van der Waals surface area contributed by atoms with Crippen molar-refractivity contribution in [2.45, 2.75) is 19.3 Å². The SMILES string of the molecule is CC(C)(CNC(=O)CN)c1ccc[nH]1. The van der Waals surface area contributed by atoms with Crippen LogP contribution in [0.2, 0.25) is 0 Å². The topological polar surface area (TPSA) is 70.9 Å². The van der Waals surface area contributed by atoms with Crippen molar-refractivity contribution in [1.29, 1.82) is 0 Å². The van der Waals surface area contributed by atoms with Crippen molar-refractivity contribution in [3.63, 3.8) is 0 Å². The van der Waals surface area contributed by atoms with Gasteiger partial charge in [0.25, 0.3) is 0 Å². The van der Waals surface area contributed by atoms with Crippen LogP contribution >= 0.6 is 0 Å². The highest BCUT2D eigenvalue weighted by Gasteiger charge is 2.21. The zero-order valence-corrected chi connectivity index (χ0v) is 8.63. The maximum Gasteiger partial charge on any atom is 0.233 e. The van der Waals surface area contributed by atoms with Crippen LogP contribution in [0.5, 0.6) is 0 Å². The number of nitrogens with two attached hydrogens (primary N) is 1. The highest BCUT2D eigenvalue weighted by atomic mass is 16.1. The molecule has 1 rings (SSSR count). The van der Waals surface area contributed by atoms with Gasteiger partial charge in [0.1, 0.15) is 0 Å². The van der Waals surface area contributed by atoms with Gasteiger partial charge in [0.15, 0.2) is 0 Å². The lowest BCUT2D eigenvalue weighted by Crippen LogP contribution is -2.39. The van der Waals surface area contributed by atoms with E-state index in [0.29, 0.717) is 6.54 Å². The van der Waals surface area contributed by atoms with Crippen LogP contribution in [0.1, 0.15) is 19.5 Å². The molecule has 0 radical (unpaired) electrons. The summed E-state index contributed by atoms with van der Waals surface area (Å²) in [6.45, 7) is 4.76. The maximum absolute atomic E-state index is 11.0. The molecule has 0 aliphatic carbocycles. The van der Waals surface area contributed by atoms with E-state index in [9.17, 15) is 4.79 Å². The number of carbonyl (C=O) groups excluding carboxylic acids is 1. The third-order valence-corrected chi connectivity index (χ3v) is 2.24. The molecule has 0 aliphatic heterocycles. The predicted molar refractivity (Wildman–Crippen MR) is 55.9 cm³/mol. The maximum atomic E-state index is 11.0. The van der Waals surface area contributed by atoms with Gasteiger partial charge in [0.2, 0.25) is 5.91 Å². The van der Waals surface area contributed by atoms with Crippen LogP contribution in [0, 0.1) is 0 Å². The molecule has 0 aliphatic rings. The van der Waals surface area contributed by atoms with Crippen LogP contribution in [-0.4, -0.2) is 24.0 Å². The normalized spacial score (nSPS) is 11.4. The largest absolute Gasteiger partial charge is 0.364 e. The molecule has 0 aromatic carbocycles. The van der Waals surface area contributed by atoms with Crippen molar-refractivity contribution in [2.75, 3.05) is 13.1 Å². The average Bonchev–Trinajstić information content (AvgIpc) is 2.67. The zero-order valence-electron chi connectivity index (χ0n) is 8.63. The van der Waals surface area contributed by atoms with E-state index in [1.165, 1.54) is 0 Å². The Morgan fingerprint density at radius 3 is 2.86 bits per heavy atom. The number of H-pyrrole nitrogens is 1. The van der Waals surface area contributed by atoms with Crippen molar-refractivity contribution in [3.8, 4) is 0 Å². The molecule has 0 atom stereocenters. The fourth-order valence-corrected chi connectivity index (χ4v) is 1.24. The van der Waals surface area contributed by atoms with Gasteiger partial charge in [-0.05, 0) is 12.1 Å². The summed E-state index contributed by atoms with van der Waals surface area (Å²) in [5.74, 6) is -0.121. The summed E-state index contributed by atoms with van der Waals surface area (Å²) in [5.41, 5.74) is 6.22. The van der Waals surface area contributed by atoms with Crippen molar-refractivity contribution >= 4 is 5.91 Å². The van der Waals surface area contributed by atoms with Gasteiger partial charge in [-0.1, -0.05) is 13.8 Å². The molecule has 0 spiro atoms. The molecule has 0 fully saturated rings. The monoisotopic (exact) mass is 195 g/mol. The minimum absolute atomic E-state index is 0.0425. The molecule has 0 unspecified atom stereocenters. The van der Waals surface area contributed by atoms with E-state index in [0.717, 1.165) is 5.69 Å². The fourth-order valence-electron chi connectivity index (χ4n) is 1.24. The number of rotatable bonds is 4. The molecule has 0 bridgehead atoms. The Hall–Kier alpha value is -1.29. The molecule has 1 amide bonds. The number of nitrogens with one attached hydrogen (secondary N) is 2. The minimum atomic E-state index is -0.121. The molecular formula is C10H17N3O. The standard InChI is InChI=1S/C10H17N3O/c1-10(2,7-13-9(14)6-11)8-4-3-5-12-8/h3-5,12H,6-7,11H2,1-2H3,(H,13,14). The third-order valence-electron chi connectivity index (χ3n) is 2.24. The number of hydrogen-bond donors (Lipinski definition) is 3. The first-order chi connectivity index (χ1) is 6.56. The second kappa shape index (κ2) is 4.28. The summed E-state index contributed by atoms with van der Waals surface area (Å²) >= 11 is 0. The molecule has 1 aromatic rings. The average molecular weight is 195 g/mol. The highest BCUT2D eigenvalue weighted by Crippen LogP contribution is 2.19. The van der Waals surface area contributed by atoms with E-state index < -0.39 is 0 Å². The van der Waals surface area contributed by atoms with Crippen LogP contribution < -0.4 is 11.1 Å². The van der Waals surface area contributed by atoms with Gasteiger partial charge in [0.05, 0.1) is 6.54 Å². The van der Waals surface area contributed by atoms with Crippen molar-refractivity contribution in [3.05, 3.63) is 24.0 Å². The van der Waals surface area contributed by atoms with Gasteiger partial charge >= 0.3 is 0 Å². The molecule has 0 saturated heterocycles. The first-order valence-corrected chi connectivity index (χ1v) is 4.67. The van der Waals surface area contributed by atoms with Gasteiger partial charge < -0.3 is 16.0 Å². The van der Waals surface area contributed by atoms with Crippen LogP contribution in [-0.2, 0) is 10.2 Å². The van der Waals surface area contributed by atoms with Gasteiger partial charge in [-0.25, -0.2) is 0 Å². The van der Waals surface area contributed by atoms with Crippen molar-refractivity contribution in [1.82, 2.24) is 10.3 Å². The summed E-state index contributed by atoms with van der Waals surface area (Å²) in [6.07, 6.45) is 1.88. The molecule has 4 nitrogen and oxygen atoms in total. The quantitative estimate of drug-likeness (QED) is 0.649. The molecule has 78 valence electrons. The van der Waals surface area contributed by atoms with Crippen LogP contribution in [0.15, 0.2) is 18.3 Å². The number of amides is 1. The van der Waals surface area contributed by atoms with E-state index >= 15 is 0 Å². The molecular weight excluding hydrogens is 178 g/mol. The van der Waals surface area contributed by atoms with Crippen molar-refractivity contribution in [2.24, 2.45) is 5.73 Å². The summed E-state index contributed by atoms with van der Waals surface area (Å²) in [5, 5.41) is 2.78. The lowest BCUT2D eigenvalue weighted by molar-refractivity contribution is -0.119. The Bertz CT molecular complexity index is 290. The zero-order chi connectivity index (χ0) is 10.6. The Morgan fingerprint density at radius 2 is 2.36 bits per heavy atom. The predicted octanol–water partition coefficient (Wildman–Crippen LogP) is 0.367. The van der Waals surface area contributed by atoms with Crippen molar-refractivity contribution < 1.29 is 4.79 Å². The molecule has 4 N–H and O–H groups in total. The van der Waals surface area contributed by atoms with E-state index in [1.54, 1.807) is 0 Å². The van der Waals surface area contributed by atoms with Gasteiger partial charge in [0, 0.05) is 23.9 Å². The molecule has 1 heterocycles. The Balaban J connectivity index is 2.54. The van der Waals surface area contributed by atoms with Gasteiger partial charge in [-0.2, -0.15) is 0 Å². The molecule has 0 saturated carbocycles. The Kier molecular flexibility index (Phi) is 3.30. The number of carbonyl (C=O) groups is 1. The first kappa shape index (κ1) is 10.8. The second-order valence-electron chi connectivity index (χ2n) is 3.95. The molecule has 14 heavy (non-hydrogen) atoms. The Labute approximate surface area is 83.9 Å². The summed E-state index contributed by atoms with van der Waals surface area (Å²) in [7, 11) is 0. The Morgan fingerprint density at radius 1 is 1.64 bits per heavy atom. The third kappa shape index (κ3) is 2.60. The fraction of sp³-hybridized carbons (Fsp3) is 0.500. The lowest BCUT2D eigenvalue weighted by atomic mass is 9.89. The van der Waals surface area contributed by atoms with E-state index in [-0.39, 0.29) is 17.9 Å². The molecule has 4 heteroatoms. The summed E-state index contributed by atoms with van der Waals surface area (Å²) in [4.78, 5) is 14.1. The van der Waals surface area contributed by atoms with Crippen LogP contribution in [0.3, 0.4) is 0 Å².